The Balaban J connectivity index is 1.76. The minimum absolute atomic E-state index is 0.0197. The normalized spacial score (nSPS) is 17.0. The quantitative estimate of drug-likeness (QED) is 0.0471. The predicted molar refractivity (Wildman–Crippen MR) is 262 cm³/mol. The molecule has 0 aromatic heterocycles. The lowest BCUT2D eigenvalue weighted by Crippen LogP contribution is -2.48. The second kappa shape index (κ2) is 37.1. The molecule has 2 aliphatic rings. The lowest BCUT2D eigenvalue weighted by Gasteiger charge is -2.44. The van der Waals surface area contributed by atoms with E-state index in [-0.39, 0.29) is 23.1 Å². The van der Waals surface area contributed by atoms with Gasteiger partial charge in [-0.1, -0.05) is 208 Å². The van der Waals surface area contributed by atoms with Crippen LogP contribution in [0.1, 0.15) is 285 Å². The highest BCUT2D eigenvalue weighted by Gasteiger charge is 2.43. The van der Waals surface area contributed by atoms with Crippen LogP contribution in [0.2, 0.25) is 0 Å². The van der Waals surface area contributed by atoms with Gasteiger partial charge in [0.25, 0.3) is 0 Å². The summed E-state index contributed by atoms with van der Waals surface area (Å²) < 4.78 is 13.1. The van der Waals surface area contributed by atoms with E-state index in [1.165, 1.54) is 161 Å². The molecule has 2 unspecified atom stereocenters. The summed E-state index contributed by atoms with van der Waals surface area (Å²) in [4.78, 5) is 26.6. The van der Waals surface area contributed by atoms with Gasteiger partial charge in [0.05, 0.1) is 0 Å². The highest BCUT2D eigenvalue weighted by Crippen LogP contribution is 2.41. The average molecular weight is 859 g/mol. The Bertz CT molecular complexity index is 1020. The first kappa shape index (κ1) is 56.0. The van der Waals surface area contributed by atoms with Gasteiger partial charge in [-0.2, -0.15) is 0 Å². The molecule has 0 amide bonds. The molecule has 6 nitrogen and oxygen atoms in total. The van der Waals surface area contributed by atoms with Gasteiger partial charge in [0, 0.05) is 24.7 Å². The van der Waals surface area contributed by atoms with E-state index in [2.05, 4.69) is 45.3 Å². The second-order valence-electron chi connectivity index (χ2n) is 20.2. The third kappa shape index (κ3) is 25.2. The number of nitrogens with one attached hydrogen (secondary N) is 2. The number of hydrogen-bond acceptors (Lipinski definition) is 6. The van der Waals surface area contributed by atoms with Crippen molar-refractivity contribution < 1.29 is 19.1 Å². The minimum atomic E-state index is -0.314. The summed E-state index contributed by atoms with van der Waals surface area (Å²) in [5.74, 6) is 1.67. The van der Waals surface area contributed by atoms with Gasteiger partial charge in [-0.15, -0.1) is 0 Å². The van der Waals surface area contributed by atoms with Crippen LogP contribution in [0.5, 0.6) is 0 Å². The maximum absolute atomic E-state index is 13.6. The summed E-state index contributed by atoms with van der Waals surface area (Å²) >= 11 is 0. The number of carbonyl (C=O) groups is 2. The van der Waals surface area contributed by atoms with Crippen LogP contribution in [0.3, 0.4) is 0 Å². The van der Waals surface area contributed by atoms with Crippen LogP contribution < -0.4 is 10.6 Å². The molecule has 0 aliphatic carbocycles. The molecule has 2 fully saturated rings. The highest BCUT2D eigenvalue weighted by molar-refractivity contribution is 5.70. The number of unbranched alkanes of at least 4 members (excludes halogenated alkanes) is 24. The molecule has 0 radical (unpaired) electrons. The summed E-state index contributed by atoms with van der Waals surface area (Å²) in [7, 11) is 0. The number of ether oxygens (including phenoxy) is 2. The van der Waals surface area contributed by atoms with E-state index in [1.54, 1.807) is 0 Å². The van der Waals surface area contributed by atoms with Crippen molar-refractivity contribution in [2.45, 2.75) is 296 Å². The van der Waals surface area contributed by atoms with E-state index in [0.717, 1.165) is 103 Å². The van der Waals surface area contributed by atoms with Crippen LogP contribution in [0, 0.1) is 17.8 Å². The molecule has 0 spiro atoms. The summed E-state index contributed by atoms with van der Waals surface area (Å²) in [6, 6.07) is 0. The van der Waals surface area contributed by atoms with Crippen molar-refractivity contribution in [1.82, 2.24) is 10.6 Å². The molecule has 2 heterocycles. The Hall–Kier alpha value is -1.14. The van der Waals surface area contributed by atoms with Crippen LogP contribution in [-0.4, -0.2) is 49.3 Å². The van der Waals surface area contributed by atoms with E-state index in [4.69, 9.17) is 9.47 Å². The van der Waals surface area contributed by atoms with Gasteiger partial charge < -0.3 is 20.1 Å². The molecular formula is C55H106N2O4. The Morgan fingerprint density at radius 2 is 0.721 bits per heavy atom. The Morgan fingerprint density at radius 3 is 1.07 bits per heavy atom. The summed E-state index contributed by atoms with van der Waals surface area (Å²) in [5, 5.41) is 7.05. The maximum Gasteiger partial charge on any atom is 0.306 e. The largest absolute Gasteiger partial charge is 0.459 e. The number of rotatable bonds is 41. The third-order valence-electron chi connectivity index (χ3n) is 15.4. The summed E-state index contributed by atoms with van der Waals surface area (Å²) in [5.41, 5.74) is -0.588. The average Bonchev–Trinajstić information content (AvgIpc) is 3.29. The summed E-state index contributed by atoms with van der Waals surface area (Å²) in [6.45, 7) is 15.5. The molecule has 2 aliphatic heterocycles. The Labute approximate surface area is 380 Å². The van der Waals surface area contributed by atoms with E-state index in [0.29, 0.717) is 30.6 Å². The van der Waals surface area contributed by atoms with E-state index < -0.39 is 0 Å². The van der Waals surface area contributed by atoms with Crippen molar-refractivity contribution >= 4 is 11.9 Å². The SMILES string of the molecule is CCCCCCCCCCCCCCCCCC(=O)OC(CC)(CC(CCCCCCC)CCCCCCCCCC(=O)OC(CC)(CC)C1CCNCC1)C1CCNCC1. The lowest BCUT2D eigenvalue weighted by molar-refractivity contribution is -0.172. The number of hydrogen-bond donors (Lipinski definition) is 2. The lowest BCUT2D eigenvalue weighted by atomic mass is 9.72. The fraction of sp³-hybridized carbons (Fsp3) is 0.964. The fourth-order valence-electron chi connectivity index (χ4n) is 11.2. The first-order chi connectivity index (χ1) is 29.9. The first-order valence-corrected chi connectivity index (χ1v) is 27.7. The fourth-order valence-corrected chi connectivity index (χ4v) is 11.2. The standard InChI is InChI=1S/C55H106N2O4/c1-6-11-13-15-16-17-18-19-20-21-22-23-26-30-35-39-53(59)61-55(10-5,51-42-46-57-47-43-51)48-49(36-32-28-14-12-7-2)37-33-29-25-24-27-31-34-38-52(58)60-54(8-3,9-4)50-40-44-56-45-41-50/h49-51,56-57H,6-48H2,1-5H3. The number of esters is 2. The van der Waals surface area contributed by atoms with Crippen molar-refractivity contribution in [3.05, 3.63) is 0 Å². The molecule has 61 heavy (non-hydrogen) atoms. The monoisotopic (exact) mass is 859 g/mol. The first-order valence-electron chi connectivity index (χ1n) is 27.7. The Morgan fingerprint density at radius 1 is 0.426 bits per heavy atom. The molecular weight excluding hydrogens is 753 g/mol. The number of carbonyl (C=O) groups excluding carboxylic acids is 2. The molecule has 0 saturated carbocycles. The van der Waals surface area contributed by atoms with Crippen LogP contribution in [0.4, 0.5) is 0 Å². The third-order valence-corrected chi connectivity index (χ3v) is 15.4. The molecule has 0 aromatic rings. The number of piperidine rings is 2. The van der Waals surface area contributed by atoms with Crippen molar-refractivity contribution in [3.63, 3.8) is 0 Å². The molecule has 6 heteroatoms. The molecule has 0 bridgehead atoms. The van der Waals surface area contributed by atoms with Crippen LogP contribution in [0.15, 0.2) is 0 Å². The maximum atomic E-state index is 13.6. The zero-order chi connectivity index (χ0) is 44.1. The van der Waals surface area contributed by atoms with E-state index in [1.807, 2.05) is 0 Å². The molecule has 2 N–H and O–H groups in total. The van der Waals surface area contributed by atoms with Crippen LogP contribution in [0.25, 0.3) is 0 Å². The van der Waals surface area contributed by atoms with Crippen molar-refractivity contribution in [2.24, 2.45) is 17.8 Å². The van der Waals surface area contributed by atoms with Crippen molar-refractivity contribution in [2.75, 3.05) is 26.2 Å². The van der Waals surface area contributed by atoms with Crippen LogP contribution >= 0.6 is 0 Å². The molecule has 2 rings (SSSR count). The Kier molecular flexibility index (Phi) is 34.1. The topological polar surface area (TPSA) is 76.7 Å². The van der Waals surface area contributed by atoms with E-state index in [9.17, 15) is 9.59 Å². The van der Waals surface area contributed by atoms with Gasteiger partial charge in [-0.3, -0.25) is 9.59 Å². The van der Waals surface area contributed by atoms with Gasteiger partial charge in [-0.05, 0) is 96.3 Å². The van der Waals surface area contributed by atoms with Gasteiger partial charge in [0.2, 0.25) is 0 Å². The van der Waals surface area contributed by atoms with E-state index >= 15 is 0 Å². The smallest absolute Gasteiger partial charge is 0.306 e. The zero-order valence-electron chi connectivity index (χ0n) is 41.8. The van der Waals surface area contributed by atoms with Crippen molar-refractivity contribution in [1.29, 1.82) is 0 Å². The van der Waals surface area contributed by atoms with Gasteiger partial charge >= 0.3 is 11.9 Å². The summed E-state index contributed by atoms with van der Waals surface area (Å²) in [6.07, 6.45) is 47.1. The predicted octanol–water partition coefficient (Wildman–Crippen LogP) is 15.9. The second-order valence-corrected chi connectivity index (χ2v) is 20.2. The zero-order valence-corrected chi connectivity index (χ0v) is 41.8. The van der Waals surface area contributed by atoms with Gasteiger partial charge in [0.1, 0.15) is 11.2 Å². The van der Waals surface area contributed by atoms with Crippen molar-refractivity contribution in [3.8, 4) is 0 Å². The van der Waals surface area contributed by atoms with Gasteiger partial charge in [-0.25, -0.2) is 0 Å². The van der Waals surface area contributed by atoms with Gasteiger partial charge in [0.15, 0.2) is 0 Å². The molecule has 2 atom stereocenters. The molecule has 2 saturated heterocycles. The molecule has 0 aromatic carbocycles. The highest BCUT2D eigenvalue weighted by atomic mass is 16.6. The molecule has 360 valence electrons. The van der Waals surface area contributed by atoms with Crippen LogP contribution in [-0.2, 0) is 19.1 Å². The minimum Gasteiger partial charge on any atom is -0.459 e.